The van der Waals surface area contributed by atoms with Gasteiger partial charge in [0.2, 0.25) is 0 Å². The predicted octanol–water partition coefficient (Wildman–Crippen LogP) is 4.85. The monoisotopic (exact) mass is 332 g/mol. The molecule has 0 spiro atoms. The topological polar surface area (TPSA) is 46.5 Å². The number of hydrogen-bond acceptors (Lipinski definition) is 2. The third-order valence-electron chi connectivity index (χ3n) is 3.80. The molecule has 1 atom stereocenters. The summed E-state index contributed by atoms with van der Waals surface area (Å²) in [6.45, 7) is 6.03. The highest BCUT2D eigenvalue weighted by atomic mass is 35.5. The van der Waals surface area contributed by atoms with Crippen LogP contribution < -0.4 is 4.74 Å². The largest absolute Gasteiger partial charge is 0.478 e. The van der Waals surface area contributed by atoms with Crippen LogP contribution in [0.4, 0.5) is 0 Å². The summed E-state index contributed by atoms with van der Waals surface area (Å²) in [5.41, 5.74) is 2.89. The van der Waals surface area contributed by atoms with E-state index in [1.165, 1.54) is 0 Å². The number of aryl methyl sites for hydroxylation is 1. The van der Waals surface area contributed by atoms with Crippen molar-refractivity contribution < 1.29 is 14.6 Å². The van der Waals surface area contributed by atoms with Gasteiger partial charge in [-0.25, -0.2) is 4.79 Å². The Kier molecular flexibility index (Phi) is 5.67. The second-order valence-corrected chi connectivity index (χ2v) is 6.35. The minimum Gasteiger partial charge on any atom is -0.478 e. The fraction of sp³-hybridized carbons (Fsp3) is 0.316. The minimum absolute atomic E-state index is 0.262. The SMILES string of the molecule is Cc1cc(Cl)ccc1C[C@@H](Oc1ccccc1C(C)C)C(=O)O. The molecule has 0 saturated carbocycles. The van der Waals surface area contributed by atoms with Gasteiger partial charge in [-0.1, -0.05) is 49.7 Å². The molecule has 0 amide bonds. The summed E-state index contributed by atoms with van der Waals surface area (Å²) < 4.78 is 5.82. The van der Waals surface area contributed by atoms with Gasteiger partial charge in [0.1, 0.15) is 5.75 Å². The zero-order valence-electron chi connectivity index (χ0n) is 13.5. The number of carboxylic acids is 1. The average Bonchev–Trinajstić information content (AvgIpc) is 2.49. The summed E-state index contributed by atoms with van der Waals surface area (Å²) in [5.74, 6) is -0.0858. The van der Waals surface area contributed by atoms with Crippen LogP contribution in [0, 0.1) is 6.92 Å². The molecule has 0 bridgehead atoms. The number of halogens is 1. The van der Waals surface area contributed by atoms with Crippen LogP contribution in [0.2, 0.25) is 5.02 Å². The van der Waals surface area contributed by atoms with Gasteiger partial charge in [-0.3, -0.25) is 0 Å². The van der Waals surface area contributed by atoms with Gasteiger partial charge in [-0.15, -0.1) is 0 Å². The van der Waals surface area contributed by atoms with Crippen LogP contribution in [-0.4, -0.2) is 17.2 Å². The molecule has 0 aliphatic heterocycles. The Labute approximate surface area is 141 Å². The molecule has 0 unspecified atom stereocenters. The van der Waals surface area contributed by atoms with Crippen LogP contribution in [0.15, 0.2) is 42.5 Å². The Balaban J connectivity index is 2.25. The average molecular weight is 333 g/mol. The molecule has 0 aliphatic carbocycles. The summed E-state index contributed by atoms with van der Waals surface area (Å²) in [4.78, 5) is 11.6. The molecule has 1 N–H and O–H groups in total. The maximum Gasteiger partial charge on any atom is 0.345 e. The van der Waals surface area contributed by atoms with E-state index >= 15 is 0 Å². The van der Waals surface area contributed by atoms with Crippen molar-refractivity contribution in [1.29, 1.82) is 0 Å². The number of ether oxygens (including phenoxy) is 1. The summed E-state index contributed by atoms with van der Waals surface area (Å²) in [6, 6.07) is 13.0. The summed E-state index contributed by atoms with van der Waals surface area (Å²) in [7, 11) is 0. The first-order chi connectivity index (χ1) is 10.9. The lowest BCUT2D eigenvalue weighted by Gasteiger charge is -2.20. The van der Waals surface area contributed by atoms with Gasteiger partial charge in [0.05, 0.1) is 0 Å². The van der Waals surface area contributed by atoms with Gasteiger partial charge in [-0.05, 0) is 47.7 Å². The van der Waals surface area contributed by atoms with Crippen LogP contribution in [0.5, 0.6) is 5.75 Å². The lowest BCUT2D eigenvalue weighted by atomic mass is 10.0. The first kappa shape index (κ1) is 17.4. The van der Waals surface area contributed by atoms with Crippen molar-refractivity contribution in [2.24, 2.45) is 0 Å². The number of aliphatic carboxylic acids is 1. The molecule has 2 rings (SSSR count). The first-order valence-electron chi connectivity index (χ1n) is 7.62. The summed E-state index contributed by atoms with van der Waals surface area (Å²) in [6.07, 6.45) is -0.639. The molecule has 0 heterocycles. The number of hydrogen-bond donors (Lipinski definition) is 1. The van der Waals surface area contributed by atoms with Gasteiger partial charge in [0.15, 0.2) is 6.10 Å². The van der Waals surface area contributed by atoms with Gasteiger partial charge < -0.3 is 9.84 Å². The maximum absolute atomic E-state index is 11.6. The predicted molar refractivity (Wildman–Crippen MR) is 92.5 cm³/mol. The Morgan fingerprint density at radius 2 is 1.91 bits per heavy atom. The molecule has 2 aromatic carbocycles. The Morgan fingerprint density at radius 1 is 1.22 bits per heavy atom. The molecule has 0 aromatic heterocycles. The third kappa shape index (κ3) is 4.49. The number of rotatable bonds is 6. The van der Waals surface area contributed by atoms with Crippen LogP contribution in [0.1, 0.15) is 36.5 Å². The molecule has 0 aliphatic rings. The molecule has 0 saturated heterocycles. The summed E-state index contributed by atoms with van der Waals surface area (Å²) in [5, 5.41) is 10.2. The van der Waals surface area contributed by atoms with Crippen molar-refractivity contribution in [1.82, 2.24) is 0 Å². The van der Waals surface area contributed by atoms with Crippen LogP contribution in [-0.2, 0) is 11.2 Å². The van der Waals surface area contributed by atoms with Crippen molar-refractivity contribution in [3.05, 3.63) is 64.2 Å². The highest BCUT2D eigenvalue weighted by Gasteiger charge is 2.22. The molecule has 23 heavy (non-hydrogen) atoms. The van der Waals surface area contributed by atoms with Crippen molar-refractivity contribution >= 4 is 17.6 Å². The van der Waals surface area contributed by atoms with E-state index in [2.05, 4.69) is 13.8 Å². The number of para-hydroxylation sites is 1. The fourth-order valence-electron chi connectivity index (χ4n) is 2.49. The third-order valence-corrected chi connectivity index (χ3v) is 4.03. The second-order valence-electron chi connectivity index (χ2n) is 5.91. The molecular weight excluding hydrogens is 312 g/mol. The smallest absolute Gasteiger partial charge is 0.345 e. The van der Waals surface area contributed by atoms with Crippen molar-refractivity contribution in [3.63, 3.8) is 0 Å². The van der Waals surface area contributed by atoms with Crippen molar-refractivity contribution in [3.8, 4) is 5.75 Å². The normalized spacial score (nSPS) is 12.2. The number of benzene rings is 2. The molecule has 3 nitrogen and oxygen atoms in total. The number of carboxylic acid groups (broad SMARTS) is 1. The molecular formula is C19H21ClO3. The Hall–Kier alpha value is -2.00. The molecule has 2 aromatic rings. The van der Waals surface area contributed by atoms with E-state index in [0.717, 1.165) is 16.7 Å². The quantitative estimate of drug-likeness (QED) is 0.822. The van der Waals surface area contributed by atoms with Crippen molar-refractivity contribution in [2.75, 3.05) is 0 Å². The van der Waals surface area contributed by atoms with Crippen LogP contribution in [0.3, 0.4) is 0 Å². The first-order valence-corrected chi connectivity index (χ1v) is 7.99. The maximum atomic E-state index is 11.6. The summed E-state index contributed by atoms with van der Waals surface area (Å²) >= 11 is 5.95. The minimum atomic E-state index is -0.974. The Morgan fingerprint density at radius 3 is 2.52 bits per heavy atom. The van der Waals surface area contributed by atoms with Gasteiger partial charge in [0.25, 0.3) is 0 Å². The number of carbonyl (C=O) groups is 1. The van der Waals surface area contributed by atoms with E-state index in [4.69, 9.17) is 16.3 Å². The lowest BCUT2D eigenvalue weighted by Crippen LogP contribution is -2.30. The molecule has 4 heteroatoms. The lowest BCUT2D eigenvalue weighted by molar-refractivity contribution is -0.145. The second kappa shape index (κ2) is 7.51. The highest BCUT2D eigenvalue weighted by molar-refractivity contribution is 6.30. The standard InChI is InChI=1S/C19H21ClO3/c1-12(2)16-6-4-5-7-17(16)23-18(19(21)22)11-14-8-9-15(20)10-13(14)3/h4-10,12,18H,11H2,1-3H3,(H,21,22)/t18-/m1/s1. The van der Waals surface area contributed by atoms with Gasteiger partial charge in [0, 0.05) is 11.4 Å². The molecule has 122 valence electrons. The van der Waals surface area contributed by atoms with Gasteiger partial charge >= 0.3 is 5.97 Å². The van der Waals surface area contributed by atoms with E-state index in [1.807, 2.05) is 43.3 Å². The zero-order chi connectivity index (χ0) is 17.0. The van der Waals surface area contributed by atoms with E-state index in [1.54, 1.807) is 6.07 Å². The van der Waals surface area contributed by atoms with E-state index < -0.39 is 12.1 Å². The van der Waals surface area contributed by atoms with Crippen LogP contribution in [0.25, 0.3) is 0 Å². The van der Waals surface area contributed by atoms with Crippen molar-refractivity contribution in [2.45, 2.75) is 39.2 Å². The Bertz CT molecular complexity index is 695. The zero-order valence-corrected chi connectivity index (χ0v) is 14.3. The molecule has 0 radical (unpaired) electrons. The molecule has 0 fully saturated rings. The fourth-order valence-corrected chi connectivity index (χ4v) is 2.71. The highest BCUT2D eigenvalue weighted by Crippen LogP contribution is 2.27. The van der Waals surface area contributed by atoms with E-state index in [0.29, 0.717) is 17.2 Å². The van der Waals surface area contributed by atoms with Gasteiger partial charge in [-0.2, -0.15) is 0 Å². The van der Waals surface area contributed by atoms with E-state index in [9.17, 15) is 9.90 Å². The van der Waals surface area contributed by atoms with Crippen LogP contribution >= 0.6 is 11.6 Å². The van der Waals surface area contributed by atoms with E-state index in [-0.39, 0.29) is 5.92 Å².